The van der Waals surface area contributed by atoms with Gasteiger partial charge in [0.2, 0.25) is 11.9 Å². The van der Waals surface area contributed by atoms with Gasteiger partial charge < -0.3 is 5.73 Å². The number of alkyl halides is 6. The first kappa shape index (κ1) is 14.8. The van der Waals surface area contributed by atoms with Crippen LogP contribution in [-0.4, -0.2) is 33.6 Å². The second kappa shape index (κ2) is 4.78. The summed E-state index contributed by atoms with van der Waals surface area (Å²) in [6.45, 7) is 0. The SMILES string of the molecule is CSc1nc(N)nc(C(C(F)(F)F)C(F)(F)F)n1. The van der Waals surface area contributed by atoms with Crippen LogP contribution in [0.15, 0.2) is 5.16 Å². The van der Waals surface area contributed by atoms with E-state index < -0.39 is 30.0 Å². The number of nitrogens with zero attached hydrogens (tertiary/aromatic N) is 3. The lowest BCUT2D eigenvalue weighted by atomic mass is 10.1. The number of rotatable bonds is 2. The number of hydrogen-bond acceptors (Lipinski definition) is 5. The fraction of sp³-hybridized carbons (Fsp3) is 0.571. The van der Waals surface area contributed by atoms with E-state index in [0.717, 1.165) is 11.8 Å². The molecule has 0 unspecified atom stereocenters. The van der Waals surface area contributed by atoms with Crippen LogP contribution in [0, 0.1) is 0 Å². The maximum Gasteiger partial charge on any atom is 0.407 e. The highest BCUT2D eigenvalue weighted by molar-refractivity contribution is 7.98. The largest absolute Gasteiger partial charge is 0.407 e. The molecule has 0 aliphatic rings. The highest BCUT2D eigenvalue weighted by atomic mass is 32.2. The van der Waals surface area contributed by atoms with E-state index in [1.54, 1.807) is 0 Å². The molecule has 0 amide bonds. The van der Waals surface area contributed by atoms with Crippen molar-refractivity contribution in [2.75, 3.05) is 12.0 Å². The lowest BCUT2D eigenvalue weighted by molar-refractivity contribution is -0.255. The topological polar surface area (TPSA) is 64.7 Å². The van der Waals surface area contributed by atoms with Crippen molar-refractivity contribution in [3.05, 3.63) is 5.82 Å². The molecule has 0 saturated heterocycles. The maximum atomic E-state index is 12.4. The zero-order valence-electron chi connectivity index (χ0n) is 8.67. The fourth-order valence-corrected chi connectivity index (χ4v) is 1.46. The number of aromatic nitrogens is 3. The van der Waals surface area contributed by atoms with Crippen LogP contribution in [0.2, 0.25) is 0 Å². The molecule has 1 heterocycles. The van der Waals surface area contributed by atoms with Crippen molar-refractivity contribution in [2.45, 2.75) is 23.4 Å². The molecule has 0 radical (unpaired) electrons. The van der Waals surface area contributed by atoms with Crippen molar-refractivity contribution in [3.8, 4) is 0 Å². The number of hydrogen-bond donors (Lipinski definition) is 1. The van der Waals surface area contributed by atoms with Gasteiger partial charge in [-0.15, -0.1) is 0 Å². The summed E-state index contributed by atoms with van der Waals surface area (Å²) in [5.41, 5.74) is 5.05. The van der Waals surface area contributed by atoms with Gasteiger partial charge in [0.15, 0.2) is 11.0 Å². The Bertz CT molecular complexity index is 417. The average Bonchev–Trinajstić information content (AvgIpc) is 2.11. The molecule has 0 fully saturated rings. The van der Waals surface area contributed by atoms with E-state index in [4.69, 9.17) is 5.73 Å². The predicted octanol–water partition coefficient (Wildman–Crippen LogP) is 2.38. The fourth-order valence-electron chi connectivity index (χ4n) is 1.09. The van der Waals surface area contributed by atoms with Gasteiger partial charge in [-0.1, -0.05) is 11.8 Å². The summed E-state index contributed by atoms with van der Waals surface area (Å²) in [6, 6.07) is 0. The molecule has 0 saturated carbocycles. The minimum Gasteiger partial charge on any atom is -0.368 e. The third kappa shape index (κ3) is 3.37. The summed E-state index contributed by atoms with van der Waals surface area (Å²) < 4.78 is 74.4. The molecular weight excluding hydrogens is 286 g/mol. The molecule has 1 rings (SSSR count). The minimum absolute atomic E-state index is 0.309. The van der Waals surface area contributed by atoms with E-state index in [-0.39, 0.29) is 5.16 Å². The molecule has 0 aliphatic heterocycles. The first-order valence-electron chi connectivity index (χ1n) is 4.24. The minimum atomic E-state index is -5.55. The van der Waals surface area contributed by atoms with E-state index in [1.807, 2.05) is 0 Å². The number of nitrogens with two attached hydrogens (primary N) is 1. The third-order valence-corrected chi connectivity index (χ3v) is 2.29. The van der Waals surface area contributed by atoms with Gasteiger partial charge in [0.25, 0.3) is 0 Å². The molecule has 18 heavy (non-hydrogen) atoms. The number of anilines is 1. The molecule has 2 N–H and O–H groups in total. The van der Waals surface area contributed by atoms with Gasteiger partial charge in [0.05, 0.1) is 0 Å². The maximum absolute atomic E-state index is 12.4. The Labute approximate surface area is 101 Å². The Morgan fingerprint density at radius 3 is 1.89 bits per heavy atom. The molecule has 0 aliphatic carbocycles. The second-order valence-corrected chi connectivity index (χ2v) is 3.83. The van der Waals surface area contributed by atoms with Crippen molar-refractivity contribution in [1.82, 2.24) is 15.0 Å². The average molecular weight is 292 g/mol. The first-order chi connectivity index (χ1) is 8.05. The van der Waals surface area contributed by atoms with Gasteiger partial charge in [0, 0.05) is 0 Å². The number of halogens is 6. The Morgan fingerprint density at radius 1 is 1.00 bits per heavy atom. The van der Waals surface area contributed by atoms with Crippen LogP contribution < -0.4 is 5.73 Å². The van der Waals surface area contributed by atoms with Gasteiger partial charge in [-0.05, 0) is 6.26 Å². The zero-order chi connectivity index (χ0) is 14.1. The molecule has 102 valence electrons. The summed E-state index contributed by atoms with van der Waals surface area (Å²) in [4.78, 5) is 9.41. The van der Waals surface area contributed by atoms with Gasteiger partial charge in [-0.3, -0.25) is 0 Å². The van der Waals surface area contributed by atoms with E-state index in [1.165, 1.54) is 6.26 Å². The molecular formula is C7H6F6N4S. The van der Waals surface area contributed by atoms with Crippen LogP contribution in [-0.2, 0) is 0 Å². The van der Waals surface area contributed by atoms with Crippen LogP contribution in [0.5, 0.6) is 0 Å². The van der Waals surface area contributed by atoms with Gasteiger partial charge in [-0.2, -0.15) is 36.3 Å². The molecule has 0 bridgehead atoms. The smallest absolute Gasteiger partial charge is 0.368 e. The Kier molecular flexibility index (Phi) is 3.93. The normalized spacial score (nSPS) is 13.1. The summed E-state index contributed by atoms with van der Waals surface area (Å²) in [6.07, 6.45) is -9.72. The van der Waals surface area contributed by atoms with Gasteiger partial charge in [-0.25, -0.2) is 4.98 Å². The summed E-state index contributed by atoms with van der Waals surface area (Å²) >= 11 is 0.759. The Balaban J connectivity index is 3.35. The molecule has 4 nitrogen and oxygen atoms in total. The van der Waals surface area contributed by atoms with Gasteiger partial charge in [0.1, 0.15) is 0 Å². The van der Waals surface area contributed by atoms with E-state index in [9.17, 15) is 26.3 Å². The lowest BCUT2D eigenvalue weighted by Crippen LogP contribution is -2.35. The molecule has 0 atom stereocenters. The Morgan fingerprint density at radius 2 is 1.50 bits per heavy atom. The van der Waals surface area contributed by atoms with Crippen molar-refractivity contribution < 1.29 is 26.3 Å². The highest BCUT2D eigenvalue weighted by Gasteiger charge is 2.59. The molecule has 1 aromatic heterocycles. The molecule has 0 aromatic carbocycles. The third-order valence-electron chi connectivity index (χ3n) is 1.74. The van der Waals surface area contributed by atoms with Crippen LogP contribution in [0.1, 0.15) is 11.7 Å². The van der Waals surface area contributed by atoms with Crippen LogP contribution >= 0.6 is 11.8 Å². The Hall–Kier alpha value is -1.26. The molecule has 11 heteroatoms. The van der Waals surface area contributed by atoms with Crippen molar-refractivity contribution >= 4 is 17.7 Å². The van der Waals surface area contributed by atoms with E-state index in [0.29, 0.717) is 0 Å². The lowest BCUT2D eigenvalue weighted by Gasteiger charge is -2.21. The first-order valence-corrected chi connectivity index (χ1v) is 5.47. The highest BCUT2D eigenvalue weighted by Crippen LogP contribution is 2.45. The standard InChI is InChI=1S/C7H6F6N4S/c1-18-5-16-3(15-4(14)17-5)2(6(8,9)10)7(11,12)13/h2H,1H3,(H2,14,15,16,17). The summed E-state index contributed by atoms with van der Waals surface area (Å²) in [7, 11) is 0. The number of thioether (sulfide) groups is 1. The molecule has 0 spiro atoms. The molecule has 1 aromatic rings. The van der Waals surface area contributed by atoms with Crippen molar-refractivity contribution in [2.24, 2.45) is 0 Å². The van der Waals surface area contributed by atoms with Crippen LogP contribution in [0.3, 0.4) is 0 Å². The van der Waals surface area contributed by atoms with E-state index >= 15 is 0 Å². The van der Waals surface area contributed by atoms with Crippen molar-refractivity contribution in [1.29, 1.82) is 0 Å². The van der Waals surface area contributed by atoms with E-state index in [2.05, 4.69) is 15.0 Å². The summed E-state index contributed by atoms with van der Waals surface area (Å²) in [5, 5.41) is -0.309. The van der Waals surface area contributed by atoms with Crippen LogP contribution in [0.4, 0.5) is 32.3 Å². The van der Waals surface area contributed by atoms with Crippen LogP contribution in [0.25, 0.3) is 0 Å². The second-order valence-electron chi connectivity index (χ2n) is 3.05. The zero-order valence-corrected chi connectivity index (χ0v) is 9.49. The quantitative estimate of drug-likeness (QED) is 0.669. The summed E-state index contributed by atoms with van der Waals surface area (Å²) in [5.74, 6) is -5.92. The van der Waals surface area contributed by atoms with Gasteiger partial charge >= 0.3 is 12.4 Å². The number of nitrogen functional groups attached to an aromatic ring is 1. The predicted molar refractivity (Wildman–Crippen MR) is 50.9 cm³/mol. The monoisotopic (exact) mass is 292 g/mol. The van der Waals surface area contributed by atoms with Crippen molar-refractivity contribution in [3.63, 3.8) is 0 Å².